The summed E-state index contributed by atoms with van der Waals surface area (Å²) in [5.41, 5.74) is 0.703. The van der Waals surface area contributed by atoms with Crippen LogP contribution in [0.2, 0.25) is 0 Å². The summed E-state index contributed by atoms with van der Waals surface area (Å²) in [6, 6.07) is 11.7. The van der Waals surface area contributed by atoms with Crippen molar-refractivity contribution in [1.82, 2.24) is 4.90 Å². The number of aliphatic hydroxyl groups excluding tert-OH is 1. The number of carboxylic acid groups (broad SMARTS) is 1. The van der Waals surface area contributed by atoms with Gasteiger partial charge in [0.1, 0.15) is 23.8 Å². The van der Waals surface area contributed by atoms with Crippen molar-refractivity contribution in [2.75, 3.05) is 13.1 Å². The molecule has 1 aliphatic heterocycles. The maximum absolute atomic E-state index is 13.2. The number of likely N-dealkylation sites (tertiary alicyclic amines) is 1. The molecule has 1 amide bonds. The van der Waals surface area contributed by atoms with E-state index < -0.39 is 24.0 Å². The first-order valence-corrected chi connectivity index (χ1v) is 8.12. The number of β-amino-alcohol motifs (C(OH)–C–C–N with tert-alkyl or cyclic N) is 1. The lowest BCUT2D eigenvalue weighted by Crippen LogP contribution is -2.32. The lowest BCUT2D eigenvalue weighted by Gasteiger charge is -2.17. The minimum absolute atomic E-state index is 0.0461. The van der Waals surface area contributed by atoms with E-state index in [1.165, 1.54) is 41.3 Å². The van der Waals surface area contributed by atoms with Gasteiger partial charge in [0.25, 0.3) is 0 Å². The average Bonchev–Trinajstić information content (AvgIpc) is 2.96. The number of carbonyl (C=O) groups excluding carboxylic acids is 1. The highest BCUT2D eigenvalue weighted by atomic mass is 19.1. The number of aliphatic hydroxyl groups is 1. The van der Waals surface area contributed by atoms with Gasteiger partial charge in [-0.05, 0) is 42.0 Å². The van der Waals surface area contributed by atoms with Gasteiger partial charge < -0.3 is 19.8 Å². The van der Waals surface area contributed by atoms with Crippen molar-refractivity contribution in [2.45, 2.75) is 18.6 Å². The molecule has 26 heavy (non-hydrogen) atoms. The van der Waals surface area contributed by atoms with Crippen LogP contribution in [0.1, 0.15) is 15.9 Å². The molecule has 2 atom stereocenters. The lowest BCUT2D eigenvalue weighted by molar-refractivity contribution is -0.129. The van der Waals surface area contributed by atoms with Crippen molar-refractivity contribution in [3.05, 3.63) is 65.5 Å². The fraction of sp³-hybridized carbons (Fsp3) is 0.263. The van der Waals surface area contributed by atoms with E-state index in [1.54, 1.807) is 12.1 Å². The van der Waals surface area contributed by atoms with E-state index in [1.807, 2.05) is 0 Å². The van der Waals surface area contributed by atoms with E-state index in [2.05, 4.69) is 0 Å². The number of carboxylic acids is 1. The van der Waals surface area contributed by atoms with E-state index >= 15 is 0 Å². The third-order valence-corrected chi connectivity index (χ3v) is 4.22. The molecule has 0 unspecified atom stereocenters. The molecule has 3 rings (SSSR count). The predicted molar refractivity (Wildman–Crippen MR) is 90.5 cm³/mol. The summed E-state index contributed by atoms with van der Waals surface area (Å²) in [6.07, 6.45) is -1.42. The maximum atomic E-state index is 13.2. The number of carbonyl (C=O) groups is 2. The van der Waals surface area contributed by atoms with E-state index in [4.69, 9.17) is 9.84 Å². The van der Waals surface area contributed by atoms with Gasteiger partial charge in [-0.2, -0.15) is 0 Å². The molecule has 1 heterocycles. The quantitative estimate of drug-likeness (QED) is 0.849. The minimum atomic E-state index is -1.04. The number of aromatic carboxylic acids is 1. The Kier molecular flexibility index (Phi) is 5.18. The monoisotopic (exact) mass is 359 g/mol. The number of nitrogens with zero attached hydrogens (tertiary/aromatic N) is 1. The summed E-state index contributed by atoms with van der Waals surface area (Å²) in [5.74, 6) is -1.24. The van der Waals surface area contributed by atoms with Crippen LogP contribution in [0.4, 0.5) is 4.39 Å². The lowest BCUT2D eigenvalue weighted by atomic mass is 10.1. The van der Waals surface area contributed by atoms with Gasteiger partial charge >= 0.3 is 5.97 Å². The summed E-state index contributed by atoms with van der Waals surface area (Å²) in [4.78, 5) is 24.7. The molecule has 1 aliphatic rings. The Hall–Kier alpha value is -2.93. The van der Waals surface area contributed by atoms with Gasteiger partial charge in [-0.15, -0.1) is 0 Å². The number of amides is 1. The Morgan fingerprint density at radius 3 is 2.54 bits per heavy atom. The maximum Gasteiger partial charge on any atom is 0.335 e. The third-order valence-electron chi connectivity index (χ3n) is 4.22. The average molecular weight is 359 g/mol. The molecule has 0 radical (unpaired) electrons. The zero-order valence-electron chi connectivity index (χ0n) is 13.8. The van der Waals surface area contributed by atoms with Crippen molar-refractivity contribution in [2.24, 2.45) is 0 Å². The fourth-order valence-corrected chi connectivity index (χ4v) is 2.86. The zero-order chi connectivity index (χ0) is 18.7. The molecule has 2 aromatic carbocycles. The van der Waals surface area contributed by atoms with E-state index in [9.17, 15) is 19.1 Å². The Morgan fingerprint density at radius 2 is 1.88 bits per heavy atom. The van der Waals surface area contributed by atoms with Crippen molar-refractivity contribution in [3.8, 4) is 5.75 Å². The smallest absolute Gasteiger partial charge is 0.335 e. The zero-order valence-corrected chi connectivity index (χ0v) is 13.8. The standard InChI is InChI=1S/C19H18FNO5/c20-14-3-1-2-12(8-14)9-18(23)21-10-16(22)17(11-21)26-15-6-4-13(5-7-15)19(24)25/h1-8,16-17,22H,9-11H2,(H,24,25)/t16-,17-/m1/s1. The SMILES string of the molecule is O=C(O)c1ccc(O[C@@H]2CN(C(=O)Cc3cccc(F)c3)C[C@H]2O)cc1. The Bertz CT molecular complexity index is 808. The molecule has 1 fully saturated rings. The van der Waals surface area contributed by atoms with Crippen LogP contribution in [0, 0.1) is 5.82 Å². The number of halogens is 1. The number of hydrogen-bond donors (Lipinski definition) is 2. The van der Waals surface area contributed by atoms with Gasteiger partial charge in [0.05, 0.1) is 25.1 Å². The molecule has 0 bridgehead atoms. The molecule has 7 heteroatoms. The number of ether oxygens (including phenoxy) is 1. The summed E-state index contributed by atoms with van der Waals surface area (Å²) >= 11 is 0. The highest BCUT2D eigenvalue weighted by Gasteiger charge is 2.35. The van der Waals surface area contributed by atoms with Gasteiger partial charge in [-0.3, -0.25) is 4.79 Å². The van der Waals surface area contributed by atoms with Crippen LogP contribution < -0.4 is 4.74 Å². The Balaban J connectivity index is 1.60. The highest BCUT2D eigenvalue weighted by Crippen LogP contribution is 2.20. The van der Waals surface area contributed by atoms with Crippen molar-refractivity contribution in [1.29, 1.82) is 0 Å². The first kappa shape index (κ1) is 17.9. The molecule has 2 N–H and O–H groups in total. The van der Waals surface area contributed by atoms with E-state index in [0.29, 0.717) is 11.3 Å². The molecular weight excluding hydrogens is 341 g/mol. The molecule has 2 aromatic rings. The molecule has 0 aromatic heterocycles. The summed E-state index contributed by atoms with van der Waals surface area (Å²) in [6.45, 7) is 0.335. The van der Waals surface area contributed by atoms with Crippen LogP contribution >= 0.6 is 0 Å². The first-order chi connectivity index (χ1) is 12.4. The first-order valence-electron chi connectivity index (χ1n) is 8.12. The van der Waals surface area contributed by atoms with Gasteiger partial charge in [0, 0.05) is 0 Å². The summed E-state index contributed by atoms with van der Waals surface area (Å²) < 4.78 is 18.9. The number of benzene rings is 2. The Labute approximate surface area is 149 Å². The Morgan fingerprint density at radius 1 is 1.15 bits per heavy atom. The minimum Gasteiger partial charge on any atom is -0.486 e. The highest BCUT2D eigenvalue weighted by molar-refractivity contribution is 5.87. The molecule has 136 valence electrons. The summed E-state index contributed by atoms with van der Waals surface area (Å²) in [7, 11) is 0. The number of rotatable bonds is 5. The fourth-order valence-electron chi connectivity index (χ4n) is 2.86. The molecule has 0 aliphatic carbocycles. The van der Waals surface area contributed by atoms with E-state index in [0.717, 1.165) is 0 Å². The summed E-state index contributed by atoms with van der Waals surface area (Å²) in [5, 5.41) is 19.0. The van der Waals surface area contributed by atoms with Crippen LogP contribution in [0.25, 0.3) is 0 Å². The van der Waals surface area contributed by atoms with Crippen LogP contribution in [0.5, 0.6) is 5.75 Å². The van der Waals surface area contributed by atoms with Gasteiger partial charge in [0.15, 0.2) is 0 Å². The van der Waals surface area contributed by atoms with Gasteiger partial charge in [0.2, 0.25) is 5.91 Å². The van der Waals surface area contributed by atoms with Crippen molar-refractivity contribution < 1.29 is 28.9 Å². The molecule has 0 saturated carbocycles. The van der Waals surface area contributed by atoms with Crippen LogP contribution in [-0.4, -0.2) is 52.3 Å². The predicted octanol–water partition coefficient (Wildman–Crippen LogP) is 1.72. The second kappa shape index (κ2) is 7.53. The second-order valence-electron chi connectivity index (χ2n) is 6.16. The van der Waals surface area contributed by atoms with Crippen molar-refractivity contribution >= 4 is 11.9 Å². The second-order valence-corrected chi connectivity index (χ2v) is 6.16. The van der Waals surface area contributed by atoms with Gasteiger partial charge in [-0.1, -0.05) is 12.1 Å². The third kappa shape index (κ3) is 4.18. The largest absolute Gasteiger partial charge is 0.486 e. The molecule has 6 nitrogen and oxygen atoms in total. The van der Waals surface area contributed by atoms with Crippen LogP contribution in [0.15, 0.2) is 48.5 Å². The van der Waals surface area contributed by atoms with Crippen LogP contribution in [0.3, 0.4) is 0 Å². The topological polar surface area (TPSA) is 87.1 Å². The molecule has 1 saturated heterocycles. The molecule has 0 spiro atoms. The number of hydrogen-bond acceptors (Lipinski definition) is 4. The van der Waals surface area contributed by atoms with E-state index in [-0.39, 0.29) is 31.0 Å². The molecular formula is C19H18FNO5. The van der Waals surface area contributed by atoms with Crippen LogP contribution in [-0.2, 0) is 11.2 Å². The normalized spacial score (nSPS) is 19.4. The van der Waals surface area contributed by atoms with Crippen molar-refractivity contribution in [3.63, 3.8) is 0 Å². The van der Waals surface area contributed by atoms with Gasteiger partial charge in [-0.25, -0.2) is 9.18 Å².